The van der Waals surface area contributed by atoms with Crippen LogP contribution in [0.15, 0.2) is 0 Å². The summed E-state index contributed by atoms with van der Waals surface area (Å²) in [6, 6.07) is 0. The molecule has 1 N–H and O–H groups in total. The van der Waals surface area contributed by atoms with Gasteiger partial charge >= 0.3 is 21.1 Å². The fourth-order valence-electron chi connectivity index (χ4n) is 0. The molecule has 0 saturated carbocycles. The van der Waals surface area contributed by atoms with Crippen LogP contribution in [-0.4, -0.2) is 54.8 Å². The molecule has 0 amide bonds. The number of rotatable bonds is 0. The first-order valence-corrected chi connectivity index (χ1v) is 3.20. The van der Waals surface area contributed by atoms with Crippen molar-refractivity contribution in [1.82, 2.24) is 0 Å². The van der Waals surface area contributed by atoms with E-state index in [4.69, 9.17) is 10.3 Å². The van der Waals surface area contributed by atoms with Crippen LogP contribution in [0, 0.1) is 0 Å². The molecule has 0 bridgehead atoms. The predicted molar refractivity (Wildman–Crippen MR) is 7.97 cm³/mol. The third-order valence-electron chi connectivity index (χ3n) is 0. The van der Waals surface area contributed by atoms with Crippen LogP contribution in [0.1, 0.15) is 0 Å². The monoisotopic (exact) mass is 215 g/mol. The molecule has 0 unspecified atom stereocenters. The summed E-state index contributed by atoms with van der Waals surface area (Å²) in [4.78, 5) is 0. The van der Waals surface area contributed by atoms with E-state index in [1.54, 1.807) is 0 Å². The molecule has 0 saturated heterocycles. The van der Waals surface area contributed by atoms with Crippen molar-refractivity contribution in [2.45, 2.75) is 0 Å². The summed E-state index contributed by atoms with van der Waals surface area (Å²) < 4.78 is 24.5. The molecular formula is HIKO3. The van der Waals surface area contributed by atoms with Crippen LogP contribution >= 0.6 is 0 Å². The zero-order valence-corrected chi connectivity index (χ0v) is 7.92. The molecular weight excluding hydrogens is 214 g/mol. The second kappa shape index (κ2) is 6.25. The molecule has 0 fully saturated rings. The van der Waals surface area contributed by atoms with Gasteiger partial charge in [-0.1, -0.05) is 0 Å². The van der Waals surface area contributed by atoms with Gasteiger partial charge in [-0.2, -0.15) is 0 Å². The quantitative estimate of drug-likeness (QED) is 0.323. The Morgan fingerprint density at radius 2 is 1.40 bits per heavy atom. The first-order chi connectivity index (χ1) is 1.73. The second-order valence-corrected chi connectivity index (χ2v) is 1.35. The molecule has 0 aliphatic rings. The van der Waals surface area contributed by atoms with Gasteiger partial charge in [0.05, 0.1) is 0 Å². The van der Waals surface area contributed by atoms with Crippen molar-refractivity contribution in [3.05, 3.63) is 0 Å². The molecule has 0 rings (SSSR count). The van der Waals surface area contributed by atoms with Crippen molar-refractivity contribution < 1.29 is 31.4 Å². The van der Waals surface area contributed by atoms with E-state index in [0.29, 0.717) is 0 Å². The van der Waals surface area contributed by atoms with Crippen LogP contribution in [0.2, 0.25) is 0 Å². The van der Waals surface area contributed by atoms with Gasteiger partial charge in [0.15, 0.2) is 0 Å². The number of hydrogen-bond donors (Lipinski definition) is 1. The fraction of sp³-hybridized carbons (Fsp3) is 0. The summed E-state index contributed by atoms with van der Waals surface area (Å²) in [5, 5.41) is 0. The topological polar surface area (TPSA) is 66.3 Å². The third-order valence-corrected chi connectivity index (χ3v) is 0. The Balaban J connectivity index is 0. The van der Waals surface area contributed by atoms with Crippen LogP contribution in [0.4, 0.5) is 0 Å². The van der Waals surface area contributed by atoms with E-state index in [1.165, 1.54) is 0 Å². The van der Waals surface area contributed by atoms with Gasteiger partial charge in [0, 0.05) is 51.4 Å². The van der Waals surface area contributed by atoms with Gasteiger partial charge in [-0.25, -0.2) is 0 Å². The van der Waals surface area contributed by atoms with Crippen molar-refractivity contribution in [1.29, 1.82) is 0 Å². The maximum atomic E-state index is 8.68. The molecule has 0 aromatic rings. The minimum absolute atomic E-state index is 0. The van der Waals surface area contributed by atoms with Crippen molar-refractivity contribution in [2.75, 3.05) is 0 Å². The van der Waals surface area contributed by atoms with E-state index in [2.05, 4.69) is 0 Å². The first kappa shape index (κ1) is 10.3. The van der Waals surface area contributed by atoms with Crippen molar-refractivity contribution >= 4 is 51.4 Å². The van der Waals surface area contributed by atoms with Crippen molar-refractivity contribution in [3.8, 4) is 0 Å². The summed E-state index contributed by atoms with van der Waals surface area (Å²) in [5.74, 6) is 0. The van der Waals surface area contributed by atoms with E-state index in [0.717, 1.165) is 0 Å². The molecule has 1 radical (unpaired) electrons. The second-order valence-electron chi connectivity index (χ2n) is 0.201. The maximum Gasteiger partial charge on any atom is 0.503 e. The van der Waals surface area contributed by atoms with Crippen molar-refractivity contribution in [2.24, 2.45) is 0 Å². The average Bonchev–Trinajstić information content (AvgIpc) is 0.811. The maximum absolute atomic E-state index is 8.68. The summed E-state index contributed by atoms with van der Waals surface area (Å²) in [5.41, 5.74) is 0. The molecule has 0 aromatic carbocycles. The largest absolute Gasteiger partial charge is 0.503 e. The van der Waals surface area contributed by atoms with Crippen molar-refractivity contribution in [3.63, 3.8) is 0 Å². The molecule has 0 aliphatic heterocycles. The third kappa shape index (κ3) is 22.3. The molecule has 3 nitrogen and oxygen atoms in total. The van der Waals surface area contributed by atoms with Crippen LogP contribution in [0.25, 0.3) is 0 Å². The Hall–Kier alpha value is 2.25. The molecule has 0 atom stereocenters. The molecule has 27 valence electrons. The SMILES string of the molecule is [K].[O-][I+2]([O-])O. The fourth-order valence-corrected chi connectivity index (χ4v) is 0. The normalized spacial score (nSPS) is 7.20. The van der Waals surface area contributed by atoms with Crippen LogP contribution in [-0.2, 0) is 0 Å². The molecule has 0 spiro atoms. The minimum Gasteiger partial charge on any atom is -0.396 e. The Morgan fingerprint density at radius 3 is 1.40 bits per heavy atom. The average molecular weight is 215 g/mol. The first-order valence-electron chi connectivity index (χ1n) is 0.478. The summed E-state index contributed by atoms with van der Waals surface area (Å²) >= 11 is -3.76. The Kier molecular flexibility index (Phi) is 12.8. The number of hydrogen-bond acceptors (Lipinski definition) is 3. The number of halogens is 1. The van der Waals surface area contributed by atoms with E-state index < -0.39 is 21.1 Å². The summed E-state index contributed by atoms with van der Waals surface area (Å²) in [7, 11) is 0. The predicted octanol–water partition coefficient (Wildman–Crippen LogP) is -6.31. The van der Waals surface area contributed by atoms with Gasteiger partial charge in [-0.05, 0) is 3.44 Å². The smallest absolute Gasteiger partial charge is 0.396 e. The zero-order valence-electron chi connectivity index (χ0n) is 2.64. The summed E-state index contributed by atoms with van der Waals surface area (Å²) in [6.45, 7) is 0. The molecule has 0 heterocycles. The molecule has 0 aliphatic carbocycles. The van der Waals surface area contributed by atoms with E-state index in [1.807, 2.05) is 0 Å². The van der Waals surface area contributed by atoms with Gasteiger partial charge in [-0.15, -0.1) is 0 Å². The van der Waals surface area contributed by atoms with Gasteiger partial charge in [0.2, 0.25) is 0 Å². The Labute approximate surface area is 80.8 Å². The van der Waals surface area contributed by atoms with E-state index >= 15 is 0 Å². The summed E-state index contributed by atoms with van der Waals surface area (Å²) in [6.07, 6.45) is 0. The van der Waals surface area contributed by atoms with Crippen LogP contribution < -0.4 is 27.9 Å². The molecule has 5 heavy (non-hydrogen) atoms. The van der Waals surface area contributed by atoms with E-state index in [-0.39, 0.29) is 51.4 Å². The van der Waals surface area contributed by atoms with Crippen LogP contribution in [0.3, 0.4) is 0 Å². The van der Waals surface area contributed by atoms with Gasteiger partial charge in [0.25, 0.3) is 0 Å². The standard InChI is InChI=1S/HIO3.K/c2-1(3)4;/h2H;. The Bertz CT molecular complexity index is 11.6. The van der Waals surface area contributed by atoms with E-state index in [9.17, 15) is 0 Å². The van der Waals surface area contributed by atoms with Crippen LogP contribution in [0.5, 0.6) is 0 Å². The molecule has 5 heteroatoms. The van der Waals surface area contributed by atoms with Gasteiger partial charge < -0.3 is 6.87 Å². The molecule has 0 aromatic heterocycles. The van der Waals surface area contributed by atoms with Gasteiger partial charge in [-0.3, -0.25) is 0 Å². The zero-order chi connectivity index (χ0) is 3.58. The Morgan fingerprint density at radius 1 is 1.40 bits per heavy atom. The van der Waals surface area contributed by atoms with Gasteiger partial charge in [0.1, 0.15) is 0 Å². The minimum atomic E-state index is -3.76.